The topological polar surface area (TPSA) is 55.6 Å². The number of nitrogens with two attached hydrogens (primary N) is 1. The number of nitrogen functional groups attached to an aromatic ring is 1. The second-order valence-corrected chi connectivity index (χ2v) is 5.11. The average Bonchev–Trinajstić information content (AvgIpc) is 2.68. The highest BCUT2D eigenvalue weighted by molar-refractivity contribution is 5.96. The molecule has 2 unspecified atom stereocenters. The fourth-order valence-corrected chi connectivity index (χ4v) is 2.67. The van der Waals surface area contributed by atoms with Gasteiger partial charge in [0.15, 0.2) is 0 Å². The number of nitrogens with zero attached hydrogens (tertiary/aromatic N) is 1. The number of esters is 1. The van der Waals surface area contributed by atoms with Gasteiger partial charge in [-0.05, 0) is 37.5 Å². The van der Waals surface area contributed by atoms with Gasteiger partial charge in [-0.15, -0.1) is 0 Å². The van der Waals surface area contributed by atoms with Gasteiger partial charge in [0.2, 0.25) is 0 Å². The summed E-state index contributed by atoms with van der Waals surface area (Å²) in [5.41, 5.74) is 7.76. The molecule has 98 valence electrons. The van der Waals surface area contributed by atoms with Gasteiger partial charge >= 0.3 is 5.97 Å². The van der Waals surface area contributed by atoms with Crippen LogP contribution in [-0.4, -0.2) is 25.7 Å². The molecule has 4 heteroatoms. The van der Waals surface area contributed by atoms with E-state index in [1.54, 1.807) is 6.07 Å². The fraction of sp³-hybridized carbons (Fsp3) is 0.500. The van der Waals surface area contributed by atoms with E-state index in [1.807, 2.05) is 12.1 Å². The summed E-state index contributed by atoms with van der Waals surface area (Å²) in [6.07, 6.45) is 1.18. The second kappa shape index (κ2) is 4.88. The molecule has 0 radical (unpaired) electrons. The third kappa shape index (κ3) is 2.28. The number of hydrogen-bond acceptors (Lipinski definition) is 4. The lowest BCUT2D eigenvalue weighted by molar-refractivity contribution is 0.0602. The van der Waals surface area contributed by atoms with Crippen molar-refractivity contribution in [3.63, 3.8) is 0 Å². The summed E-state index contributed by atoms with van der Waals surface area (Å²) in [5.74, 6) is 0.299. The maximum absolute atomic E-state index is 11.6. The number of ether oxygens (including phenoxy) is 1. The van der Waals surface area contributed by atoms with Crippen molar-refractivity contribution in [1.82, 2.24) is 0 Å². The number of hydrogen-bond donors (Lipinski definition) is 1. The highest BCUT2D eigenvalue weighted by Gasteiger charge is 2.27. The summed E-state index contributed by atoms with van der Waals surface area (Å²) >= 11 is 0. The fourth-order valence-electron chi connectivity index (χ4n) is 2.67. The van der Waals surface area contributed by atoms with Crippen LogP contribution in [0.15, 0.2) is 18.2 Å². The normalized spacial score (nSPS) is 23.2. The minimum Gasteiger partial charge on any atom is -0.465 e. The first kappa shape index (κ1) is 12.7. The van der Waals surface area contributed by atoms with Crippen molar-refractivity contribution in [2.24, 2.45) is 5.92 Å². The van der Waals surface area contributed by atoms with Gasteiger partial charge in [0.25, 0.3) is 0 Å². The standard InChI is InChI=1S/C14H20N2O2/c1-9-6-10(2)16(8-9)11-4-5-13(15)12(7-11)14(17)18-3/h4-5,7,9-10H,6,8,15H2,1-3H3. The summed E-state index contributed by atoms with van der Waals surface area (Å²) < 4.78 is 4.75. The molecule has 4 nitrogen and oxygen atoms in total. The van der Waals surface area contributed by atoms with Crippen LogP contribution in [0, 0.1) is 5.92 Å². The number of rotatable bonds is 2. The van der Waals surface area contributed by atoms with Gasteiger partial charge in [-0.2, -0.15) is 0 Å². The van der Waals surface area contributed by atoms with Crippen molar-refractivity contribution in [3.8, 4) is 0 Å². The lowest BCUT2D eigenvalue weighted by Crippen LogP contribution is -2.27. The minimum atomic E-state index is -0.380. The molecule has 1 aliphatic rings. The maximum Gasteiger partial charge on any atom is 0.340 e. The number of methoxy groups -OCH3 is 1. The molecule has 0 aliphatic carbocycles. The molecule has 2 rings (SSSR count). The summed E-state index contributed by atoms with van der Waals surface area (Å²) in [6, 6.07) is 6.07. The Morgan fingerprint density at radius 3 is 2.72 bits per heavy atom. The molecule has 1 saturated heterocycles. The van der Waals surface area contributed by atoms with E-state index >= 15 is 0 Å². The molecule has 0 amide bonds. The average molecular weight is 248 g/mol. The Morgan fingerprint density at radius 1 is 1.44 bits per heavy atom. The lowest BCUT2D eigenvalue weighted by Gasteiger charge is -2.24. The zero-order valence-corrected chi connectivity index (χ0v) is 11.1. The smallest absolute Gasteiger partial charge is 0.340 e. The van der Waals surface area contributed by atoms with Gasteiger partial charge in [-0.3, -0.25) is 0 Å². The van der Waals surface area contributed by atoms with E-state index < -0.39 is 0 Å². The highest BCUT2D eigenvalue weighted by atomic mass is 16.5. The van der Waals surface area contributed by atoms with Crippen molar-refractivity contribution in [2.45, 2.75) is 26.3 Å². The summed E-state index contributed by atoms with van der Waals surface area (Å²) in [5, 5.41) is 0. The largest absolute Gasteiger partial charge is 0.465 e. The molecule has 0 bridgehead atoms. The van der Waals surface area contributed by atoms with Gasteiger partial charge in [-0.1, -0.05) is 6.92 Å². The van der Waals surface area contributed by atoms with Crippen molar-refractivity contribution in [1.29, 1.82) is 0 Å². The van der Waals surface area contributed by atoms with Crippen molar-refractivity contribution in [2.75, 3.05) is 24.3 Å². The Kier molecular flexibility index (Phi) is 3.45. The Morgan fingerprint density at radius 2 is 2.17 bits per heavy atom. The van der Waals surface area contributed by atoms with Crippen LogP contribution >= 0.6 is 0 Å². The summed E-state index contributed by atoms with van der Waals surface area (Å²) in [6.45, 7) is 5.47. The van der Waals surface area contributed by atoms with E-state index in [4.69, 9.17) is 10.5 Å². The summed E-state index contributed by atoms with van der Waals surface area (Å²) in [4.78, 5) is 13.9. The number of carbonyl (C=O) groups excluding carboxylic acids is 1. The third-order valence-corrected chi connectivity index (χ3v) is 3.56. The van der Waals surface area contributed by atoms with Crippen LogP contribution in [0.3, 0.4) is 0 Å². The number of carbonyl (C=O) groups is 1. The molecule has 2 N–H and O–H groups in total. The Balaban J connectivity index is 2.32. The van der Waals surface area contributed by atoms with Gasteiger partial charge in [0, 0.05) is 24.0 Å². The van der Waals surface area contributed by atoms with Crippen LogP contribution in [-0.2, 0) is 4.74 Å². The third-order valence-electron chi connectivity index (χ3n) is 3.56. The zero-order chi connectivity index (χ0) is 13.3. The quantitative estimate of drug-likeness (QED) is 0.644. The first-order chi connectivity index (χ1) is 8.52. The van der Waals surface area contributed by atoms with E-state index in [1.165, 1.54) is 13.5 Å². The van der Waals surface area contributed by atoms with E-state index in [9.17, 15) is 4.79 Å². The Hall–Kier alpha value is -1.71. The van der Waals surface area contributed by atoms with Crippen molar-refractivity contribution in [3.05, 3.63) is 23.8 Å². The predicted molar refractivity (Wildman–Crippen MR) is 72.8 cm³/mol. The van der Waals surface area contributed by atoms with E-state index in [0.717, 1.165) is 12.2 Å². The van der Waals surface area contributed by atoms with Gasteiger partial charge in [0.1, 0.15) is 0 Å². The molecular weight excluding hydrogens is 228 g/mol. The number of anilines is 2. The summed E-state index contributed by atoms with van der Waals surface area (Å²) in [7, 11) is 1.37. The molecule has 1 aliphatic heterocycles. The molecular formula is C14H20N2O2. The first-order valence-corrected chi connectivity index (χ1v) is 6.27. The molecule has 0 spiro atoms. The number of benzene rings is 1. The predicted octanol–water partition coefficient (Wildman–Crippen LogP) is 2.29. The van der Waals surface area contributed by atoms with Gasteiger partial charge in [-0.25, -0.2) is 4.79 Å². The van der Waals surface area contributed by atoms with E-state index in [2.05, 4.69) is 18.7 Å². The first-order valence-electron chi connectivity index (χ1n) is 6.27. The van der Waals surface area contributed by atoms with Crippen LogP contribution in [0.25, 0.3) is 0 Å². The monoisotopic (exact) mass is 248 g/mol. The molecule has 0 saturated carbocycles. The lowest BCUT2D eigenvalue weighted by atomic mass is 10.1. The van der Waals surface area contributed by atoms with Crippen molar-refractivity contribution >= 4 is 17.3 Å². The molecule has 1 aromatic carbocycles. The van der Waals surface area contributed by atoms with Crippen LogP contribution < -0.4 is 10.6 Å². The van der Waals surface area contributed by atoms with E-state index in [0.29, 0.717) is 23.2 Å². The molecule has 1 heterocycles. The second-order valence-electron chi connectivity index (χ2n) is 5.11. The van der Waals surface area contributed by atoms with E-state index in [-0.39, 0.29) is 5.97 Å². The minimum absolute atomic E-state index is 0.380. The van der Waals surface area contributed by atoms with Crippen LogP contribution in [0.5, 0.6) is 0 Å². The molecule has 2 atom stereocenters. The van der Waals surface area contributed by atoms with Crippen LogP contribution in [0.1, 0.15) is 30.6 Å². The molecule has 1 aromatic rings. The SMILES string of the molecule is COC(=O)c1cc(N2CC(C)CC2C)ccc1N. The Labute approximate surface area is 108 Å². The van der Waals surface area contributed by atoms with Crippen molar-refractivity contribution < 1.29 is 9.53 Å². The molecule has 0 aromatic heterocycles. The zero-order valence-electron chi connectivity index (χ0n) is 11.1. The highest BCUT2D eigenvalue weighted by Crippen LogP contribution is 2.30. The van der Waals surface area contributed by atoms with Crippen LogP contribution in [0.4, 0.5) is 11.4 Å². The molecule has 18 heavy (non-hydrogen) atoms. The van der Waals surface area contributed by atoms with Gasteiger partial charge in [0.05, 0.1) is 12.7 Å². The Bertz CT molecular complexity index is 459. The maximum atomic E-state index is 11.6. The van der Waals surface area contributed by atoms with Crippen LogP contribution in [0.2, 0.25) is 0 Å². The molecule has 1 fully saturated rings. The van der Waals surface area contributed by atoms with Gasteiger partial charge < -0.3 is 15.4 Å².